The van der Waals surface area contributed by atoms with Gasteiger partial charge in [-0.3, -0.25) is 4.72 Å². The van der Waals surface area contributed by atoms with Gasteiger partial charge in [-0.2, -0.15) is 0 Å². The van der Waals surface area contributed by atoms with Gasteiger partial charge in [0.2, 0.25) is 0 Å². The molecular weight excluding hydrogens is 442 g/mol. The standard InChI is InChI=1S/C25H18ClN3O2S/c26-17-13-15-18(16-14-17)32(30,31)29-24-12-6-5-11-23(24)28-25-19-7-1-3-9-21(19)27-22-10-4-2-8-20(22)25/h1-16,29H,(H,27,28). The van der Waals surface area contributed by atoms with Crippen molar-refractivity contribution in [1.82, 2.24) is 4.98 Å². The number of anilines is 3. The third-order valence-electron chi connectivity index (χ3n) is 5.14. The first-order chi connectivity index (χ1) is 15.5. The molecule has 0 aliphatic rings. The minimum atomic E-state index is -3.79. The first kappa shape index (κ1) is 20.3. The van der Waals surface area contributed by atoms with Crippen molar-refractivity contribution in [3.8, 4) is 0 Å². The maximum Gasteiger partial charge on any atom is 0.261 e. The number of sulfonamides is 1. The summed E-state index contributed by atoms with van der Waals surface area (Å²) in [5, 5.41) is 5.82. The first-order valence-electron chi connectivity index (χ1n) is 9.93. The van der Waals surface area contributed by atoms with Crippen LogP contribution in [0.5, 0.6) is 0 Å². The Balaban J connectivity index is 1.60. The van der Waals surface area contributed by atoms with Crippen LogP contribution in [0.1, 0.15) is 0 Å². The predicted molar refractivity (Wildman–Crippen MR) is 131 cm³/mol. The Kier molecular flexibility index (Phi) is 5.17. The van der Waals surface area contributed by atoms with Crippen LogP contribution in [0.25, 0.3) is 21.8 Å². The second-order valence-corrected chi connectivity index (χ2v) is 9.37. The van der Waals surface area contributed by atoms with Gasteiger partial charge in [-0.1, -0.05) is 60.1 Å². The second kappa shape index (κ2) is 8.15. The van der Waals surface area contributed by atoms with Crippen molar-refractivity contribution in [2.24, 2.45) is 0 Å². The number of aromatic nitrogens is 1. The van der Waals surface area contributed by atoms with Crippen molar-refractivity contribution in [2.75, 3.05) is 10.0 Å². The van der Waals surface area contributed by atoms with Crippen LogP contribution in [-0.2, 0) is 10.0 Å². The Labute approximate surface area is 190 Å². The number of fused-ring (bicyclic) bond motifs is 2. The highest BCUT2D eigenvalue weighted by atomic mass is 35.5. The molecule has 0 atom stereocenters. The number of nitrogens with one attached hydrogen (secondary N) is 2. The lowest BCUT2D eigenvalue weighted by atomic mass is 10.1. The summed E-state index contributed by atoms with van der Waals surface area (Å²) in [7, 11) is -3.79. The summed E-state index contributed by atoms with van der Waals surface area (Å²) in [4.78, 5) is 4.88. The molecule has 0 unspecified atom stereocenters. The fourth-order valence-electron chi connectivity index (χ4n) is 3.61. The van der Waals surface area contributed by atoms with Gasteiger partial charge in [0.25, 0.3) is 10.0 Å². The zero-order valence-electron chi connectivity index (χ0n) is 16.8. The highest BCUT2D eigenvalue weighted by Gasteiger charge is 2.17. The van der Waals surface area contributed by atoms with E-state index in [4.69, 9.17) is 16.6 Å². The summed E-state index contributed by atoms with van der Waals surface area (Å²) in [6.07, 6.45) is 0. The maximum absolute atomic E-state index is 13.0. The molecule has 0 aliphatic heterocycles. The normalized spacial score (nSPS) is 11.5. The van der Waals surface area contributed by atoms with Crippen LogP contribution in [0, 0.1) is 0 Å². The molecule has 4 aromatic carbocycles. The van der Waals surface area contributed by atoms with Crippen molar-refractivity contribution < 1.29 is 8.42 Å². The van der Waals surface area contributed by atoms with E-state index in [1.807, 2.05) is 60.7 Å². The van der Waals surface area contributed by atoms with Crippen molar-refractivity contribution in [1.29, 1.82) is 0 Å². The molecule has 1 aromatic heterocycles. The fourth-order valence-corrected chi connectivity index (χ4v) is 4.81. The third kappa shape index (κ3) is 3.86. The van der Waals surface area contributed by atoms with E-state index in [-0.39, 0.29) is 4.90 Å². The molecular formula is C25H18ClN3O2S. The molecule has 5 aromatic rings. The molecule has 2 N–H and O–H groups in total. The Morgan fingerprint density at radius 1 is 0.656 bits per heavy atom. The van der Waals surface area contributed by atoms with Gasteiger partial charge in [0.1, 0.15) is 0 Å². The van der Waals surface area contributed by atoms with Gasteiger partial charge in [0.05, 0.1) is 33.0 Å². The summed E-state index contributed by atoms with van der Waals surface area (Å²) in [6.45, 7) is 0. The number of para-hydroxylation sites is 4. The van der Waals surface area contributed by atoms with E-state index in [0.717, 1.165) is 27.5 Å². The van der Waals surface area contributed by atoms with Gasteiger partial charge in [-0.05, 0) is 48.5 Å². The molecule has 0 fully saturated rings. The highest BCUT2D eigenvalue weighted by molar-refractivity contribution is 7.92. The predicted octanol–water partition coefficient (Wildman–Crippen LogP) is 6.59. The van der Waals surface area contributed by atoms with Crippen molar-refractivity contribution in [3.05, 3.63) is 102 Å². The maximum atomic E-state index is 13.0. The number of nitrogens with zero attached hydrogens (tertiary/aromatic N) is 1. The van der Waals surface area contributed by atoms with E-state index in [1.165, 1.54) is 12.1 Å². The number of benzene rings is 4. The van der Waals surface area contributed by atoms with Crippen LogP contribution in [-0.4, -0.2) is 13.4 Å². The zero-order valence-corrected chi connectivity index (χ0v) is 18.4. The molecule has 0 amide bonds. The molecule has 158 valence electrons. The largest absolute Gasteiger partial charge is 0.353 e. The summed E-state index contributed by atoms with van der Waals surface area (Å²) < 4.78 is 28.6. The summed E-state index contributed by atoms with van der Waals surface area (Å²) in [6, 6.07) is 29.0. The Hall–Kier alpha value is -3.61. The Morgan fingerprint density at radius 2 is 1.19 bits per heavy atom. The first-order valence-corrected chi connectivity index (χ1v) is 11.8. The van der Waals surface area contributed by atoms with Gasteiger partial charge < -0.3 is 5.32 Å². The molecule has 0 saturated carbocycles. The Morgan fingerprint density at radius 3 is 1.81 bits per heavy atom. The third-order valence-corrected chi connectivity index (χ3v) is 6.78. The quantitative estimate of drug-likeness (QED) is 0.291. The van der Waals surface area contributed by atoms with Gasteiger partial charge in [-0.25, -0.2) is 13.4 Å². The topological polar surface area (TPSA) is 71.1 Å². The van der Waals surface area contributed by atoms with E-state index >= 15 is 0 Å². The summed E-state index contributed by atoms with van der Waals surface area (Å²) >= 11 is 5.90. The van der Waals surface area contributed by atoms with E-state index in [2.05, 4.69) is 10.0 Å². The molecule has 7 heteroatoms. The molecule has 0 saturated heterocycles. The van der Waals surface area contributed by atoms with Gasteiger partial charge in [-0.15, -0.1) is 0 Å². The van der Waals surface area contributed by atoms with Crippen molar-refractivity contribution in [2.45, 2.75) is 4.90 Å². The molecule has 5 rings (SSSR count). The number of rotatable bonds is 5. The molecule has 0 bridgehead atoms. The average molecular weight is 460 g/mol. The Bertz CT molecular complexity index is 1500. The van der Waals surface area contributed by atoms with Crippen LogP contribution < -0.4 is 10.0 Å². The molecule has 0 spiro atoms. The van der Waals surface area contributed by atoms with Crippen molar-refractivity contribution >= 4 is 60.5 Å². The smallest absolute Gasteiger partial charge is 0.261 e. The van der Waals surface area contributed by atoms with Gasteiger partial charge in [0, 0.05) is 15.8 Å². The molecule has 0 radical (unpaired) electrons. The van der Waals surface area contributed by atoms with Crippen LogP contribution in [0.3, 0.4) is 0 Å². The van der Waals surface area contributed by atoms with Crippen LogP contribution in [0.15, 0.2) is 102 Å². The number of hydrogen-bond donors (Lipinski definition) is 2. The average Bonchev–Trinajstić information content (AvgIpc) is 2.80. The molecule has 32 heavy (non-hydrogen) atoms. The van der Waals surface area contributed by atoms with Gasteiger partial charge in [0.15, 0.2) is 0 Å². The summed E-state index contributed by atoms with van der Waals surface area (Å²) in [5.74, 6) is 0. The van der Waals surface area contributed by atoms with E-state index in [9.17, 15) is 8.42 Å². The SMILES string of the molecule is O=S(=O)(Nc1ccccc1Nc1c2ccccc2nc2ccccc12)c1ccc(Cl)cc1. The molecule has 0 aliphatic carbocycles. The highest BCUT2D eigenvalue weighted by Crippen LogP contribution is 2.35. The molecule has 1 heterocycles. The van der Waals surface area contributed by atoms with Crippen molar-refractivity contribution in [3.63, 3.8) is 0 Å². The van der Waals surface area contributed by atoms with Crippen LogP contribution in [0.4, 0.5) is 17.1 Å². The van der Waals surface area contributed by atoms with Crippen LogP contribution in [0.2, 0.25) is 5.02 Å². The van der Waals surface area contributed by atoms with Crippen LogP contribution >= 0.6 is 11.6 Å². The number of pyridine rings is 1. The van der Waals surface area contributed by atoms with E-state index in [0.29, 0.717) is 16.4 Å². The fraction of sp³-hybridized carbons (Fsp3) is 0. The number of hydrogen-bond acceptors (Lipinski definition) is 4. The lowest BCUT2D eigenvalue weighted by molar-refractivity contribution is 0.601. The minimum Gasteiger partial charge on any atom is -0.353 e. The summed E-state index contributed by atoms with van der Waals surface area (Å²) in [5.41, 5.74) is 3.64. The minimum absolute atomic E-state index is 0.136. The second-order valence-electron chi connectivity index (χ2n) is 7.25. The van der Waals surface area contributed by atoms with E-state index < -0.39 is 10.0 Å². The van der Waals surface area contributed by atoms with E-state index in [1.54, 1.807) is 24.3 Å². The zero-order chi connectivity index (χ0) is 22.1. The lowest BCUT2D eigenvalue weighted by Gasteiger charge is -2.17. The monoisotopic (exact) mass is 459 g/mol. The number of halogens is 1. The molecule has 5 nitrogen and oxygen atoms in total. The lowest BCUT2D eigenvalue weighted by Crippen LogP contribution is -2.14. The van der Waals surface area contributed by atoms with Gasteiger partial charge >= 0.3 is 0 Å².